The minimum Gasteiger partial charge on any atom is -0.454 e. The summed E-state index contributed by atoms with van der Waals surface area (Å²) in [7, 11) is 0. The topological polar surface area (TPSA) is 78.4 Å². The molecule has 0 aliphatic carbocycles. The van der Waals surface area contributed by atoms with Crippen LogP contribution in [-0.2, 0) is 0 Å². The van der Waals surface area contributed by atoms with E-state index in [4.69, 9.17) is 14.2 Å². The van der Waals surface area contributed by atoms with Crippen molar-refractivity contribution in [3.05, 3.63) is 46.4 Å². The minimum absolute atomic E-state index is 0.214. The molecular formula is C21H19BrN4O3S. The fourth-order valence-electron chi connectivity index (χ4n) is 3.29. The number of hydrogen-bond donors (Lipinski definition) is 1. The molecule has 0 bridgehead atoms. The normalized spacial score (nSPS) is 16.1. The van der Waals surface area contributed by atoms with E-state index < -0.39 is 6.23 Å². The number of rotatable bonds is 5. The summed E-state index contributed by atoms with van der Waals surface area (Å²) >= 11 is 5.23. The Morgan fingerprint density at radius 2 is 2.00 bits per heavy atom. The molecule has 3 heterocycles. The first kappa shape index (κ1) is 19.4. The number of hydrogen-bond acceptors (Lipinski definition) is 8. The summed E-state index contributed by atoms with van der Waals surface area (Å²) in [6.45, 7) is 2.38. The first-order chi connectivity index (χ1) is 14.7. The van der Waals surface area contributed by atoms with Gasteiger partial charge in [-0.05, 0) is 24.6 Å². The van der Waals surface area contributed by atoms with Gasteiger partial charge < -0.3 is 19.5 Å². The quantitative estimate of drug-likeness (QED) is 0.377. The number of unbranched alkanes of at least 4 members (excludes halogenated alkanes) is 1. The molecule has 1 aromatic heterocycles. The molecule has 0 radical (unpaired) electrons. The molecule has 0 saturated heterocycles. The molecule has 0 spiro atoms. The second-order valence-electron chi connectivity index (χ2n) is 6.86. The molecule has 154 valence electrons. The van der Waals surface area contributed by atoms with Crippen LogP contribution in [0, 0.1) is 0 Å². The number of aromatic nitrogens is 3. The largest absolute Gasteiger partial charge is 0.454 e. The van der Waals surface area contributed by atoms with Crippen molar-refractivity contribution in [2.75, 3.05) is 17.9 Å². The molecule has 0 fully saturated rings. The highest BCUT2D eigenvalue weighted by atomic mass is 79.9. The monoisotopic (exact) mass is 486 g/mol. The highest BCUT2D eigenvalue weighted by Gasteiger charge is 2.29. The molecule has 2 aliphatic heterocycles. The molecule has 5 rings (SSSR count). The second kappa shape index (κ2) is 8.31. The Morgan fingerprint density at radius 1 is 1.17 bits per heavy atom. The number of nitrogens with zero attached hydrogens (tertiary/aromatic N) is 3. The number of fused-ring (bicyclic) bond motifs is 4. The van der Waals surface area contributed by atoms with Crippen LogP contribution in [0.3, 0.4) is 0 Å². The van der Waals surface area contributed by atoms with Crippen molar-refractivity contribution < 1.29 is 14.2 Å². The van der Waals surface area contributed by atoms with E-state index >= 15 is 0 Å². The predicted octanol–water partition coefficient (Wildman–Crippen LogP) is 5.43. The molecule has 9 heteroatoms. The van der Waals surface area contributed by atoms with Crippen molar-refractivity contribution in [3.63, 3.8) is 0 Å². The van der Waals surface area contributed by atoms with Crippen LogP contribution in [0.1, 0.15) is 31.6 Å². The van der Waals surface area contributed by atoms with Crippen molar-refractivity contribution in [2.24, 2.45) is 0 Å². The van der Waals surface area contributed by atoms with Gasteiger partial charge in [-0.3, -0.25) is 0 Å². The molecule has 0 saturated carbocycles. The van der Waals surface area contributed by atoms with Crippen molar-refractivity contribution >= 4 is 33.4 Å². The van der Waals surface area contributed by atoms with E-state index in [9.17, 15) is 0 Å². The number of nitrogens with one attached hydrogen (secondary N) is 1. The van der Waals surface area contributed by atoms with E-state index in [2.05, 4.69) is 43.4 Å². The molecule has 0 amide bonds. The molecule has 7 nitrogen and oxygen atoms in total. The van der Waals surface area contributed by atoms with Crippen molar-refractivity contribution in [1.29, 1.82) is 0 Å². The third kappa shape index (κ3) is 3.67. The maximum atomic E-state index is 6.35. The average Bonchev–Trinajstić information content (AvgIpc) is 3.14. The lowest BCUT2D eigenvalue weighted by molar-refractivity contribution is 0.173. The van der Waals surface area contributed by atoms with Gasteiger partial charge in [0.05, 0.1) is 0 Å². The number of ether oxygens (including phenoxy) is 3. The molecule has 3 aromatic rings. The van der Waals surface area contributed by atoms with Crippen LogP contribution in [-0.4, -0.2) is 27.7 Å². The van der Waals surface area contributed by atoms with Crippen LogP contribution >= 0.6 is 27.7 Å². The van der Waals surface area contributed by atoms with Crippen molar-refractivity contribution in [2.45, 2.75) is 31.1 Å². The van der Waals surface area contributed by atoms with Crippen molar-refractivity contribution in [3.8, 4) is 28.6 Å². The van der Waals surface area contributed by atoms with Gasteiger partial charge in [-0.25, -0.2) is 0 Å². The van der Waals surface area contributed by atoms with Gasteiger partial charge in [-0.1, -0.05) is 59.2 Å². The Balaban J connectivity index is 1.56. The van der Waals surface area contributed by atoms with Crippen LogP contribution < -0.4 is 19.5 Å². The zero-order valence-corrected chi connectivity index (χ0v) is 18.6. The second-order valence-corrected chi connectivity index (χ2v) is 8.78. The van der Waals surface area contributed by atoms with Gasteiger partial charge in [-0.15, -0.1) is 10.2 Å². The van der Waals surface area contributed by atoms with Crippen LogP contribution in [0.4, 0.5) is 5.69 Å². The van der Waals surface area contributed by atoms with Crippen molar-refractivity contribution in [1.82, 2.24) is 15.2 Å². The molecule has 1 atom stereocenters. The summed E-state index contributed by atoms with van der Waals surface area (Å²) in [5.41, 5.74) is 3.29. The first-order valence-corrected chi connectivity index (χ1v) is 11.5. The number of halogens is 1. The molecular weight excluding hydrogens is 468 g/mol. The van der Waals surface area contributed by atoms with E-state index in [-0.39, 0.29) is 6.79 Å². The lowest BCUT2D eigenvalue weighted by atomic mass is 10.1. The standard InChI is InChI=1S/C21H19BrN4O3S/c1-2-3-8-30-21-24-20-18(25-26-21)12-6-4-5-7-15(12)23-19(29-20)13-9-16-17(10-14(13)22)28-11-27-16/h4-7,9-10,19,23H,2-3,8,11H2,1H3. The van der Waals surface area contributed by atoms with Crippen LogP contribution in [0.2, 0.25) is 0 Å². The fourth-order valence-corrected chi connectivity index (χ4v) is 4.68. The van der Waals surface area contributed by atoms with E-state index in [1.54, 1.807) is 11.8 Å². The summed E-state index contributed by atoms with van der Waals surface area (Å²) < 4.78 is 18.2. The van der Waals surface area contributed by atoms with Crippen LogP contribution in [0.5, 0.6) is 17.4 Å². The predicted molar refractivity (Wildman–Crippen MR) is 118 cm³/mol. The van der Waals surface area contributed by atoms with E-state index in [1.165, 1.54) is 0 Å². The molecule has 1 unspecified atom stereocenters. The lowest BCUT2D eigenvalue weighted by Gasteiger charge is -2.20. The maximum absolute atomic E-state index is 6.35. The maximum Gasteiger partial charge on any atom is 0.247 e. The van der Waals surface area contributed by atoms with Crippen LogP contribution in [0.15, 0.2) is 46.0 Å². The fraction of sp³-hybridized carbons (Fsp3) is 0.286. The summed E-state index contributed by atoms with van der Waals surface area (Å²) in [4.78, 5) is 4.68. The number of thioether (sulfide) groups is 1. The molecule has 2 aromatic carbocycles. The minimum atomic E-state index is -0.499. The molecule has 1 N–H and O–H groups in total. The smallest absolute Gasteiger partial charge is 0.247 e. The molecule has 30 heavy (non-hydrogen) atoms. The Kier molecular flexibility index (Phi) is 5.39. The number of para-hydroxylation sites is 1. The number of benzene rings is 2. The van der Waals surface area contributed by atoms with E-state index in [1.807, 2.05) is 36.4 Å². The van der Waals surface area contributed by atoms with Gasteiger partial charge in [0.1, 0.15) is 0 Å². The van der Waals surface area contributed by atoms with Gasteiger partial charge in [-0.2, -0.15) is 4.98 Å². The van der Waals surface area contributed by atoms with Crippen LogP contribution in [0.25, 0.3) is 11.3 Å². The zero-order valence-electron chi connectivity index (χ0n) is 16.2. The summed E-state index contributed by atoms with van der Waals surface area (Å²) in [5.74, 6) is 2.80. The van der Waals surface area contributed by atoms with E-state index in [0.717, 1.165) is 39.9 Å². The molecule has 2 aliphatic rings. The van der Waals surface area contributed by atoms with Gasteiger partial charge in [0.15, 0.2) is 23.4 Å². The van der Waals surface area contributed by atoms with Gasteiger partial charge in [0, 0.05) is 27.0 Å². The SMILES string of the molecule is CCCCSc1nnc2c(n1)OC(c1cc3c(cc1Br)OCO3)Nc1ccccc1-2. The van der Waals surface area contributed by atoms with Gasteiger partial charge in [0.2, 0.25) is 17.8 Å². The zero-order chi connectivity index (χ0) is 20.5. The average molecular weight is 487 g/mol. The Labute approximate surface area is 186 Å². The Morgan fingerprint density at radius 3 is 2.87 bits per heavy atom. The highest BCUT2D eigenvalue weighted by Crippen LogP contribution is 2.44. The third-order valence-electron chi connectivity index (χ3n) is 4.84. The summed E-state index contributed by atoms with van der Waals surface area (Å²) in [6.07, 6.45) is 1.73. The third-order valence-corrected chi connectivity index (χ3v) is 6.45. The number of anilines is 1. The van der Waals surface area contributed by atoms with E-state index in [0.29, 0.717) is 28.2 Å². The lowest BCUT2D eigenvalue weighted by Crippen LogP contribution is -2.17. The Bertz CT molecular complexity index is 1100. The first-order valence-electron chi connectivity index (χ1n) is 9.72. The van der Waals surface area contributed by atoms with Gasteiger partial charge >= 0.3 is 0 Å². The summed E-state index contributed by atoms with van der Waals surface area (Å²) in [6, 6.07) is 11.7. The summed E-state index contributed by atoms with van der Waals surface area (Å²) in [5, 5.41) is 12.8. The highest BCUT2D eigenvalue weighted by molar-refractivity contribution is 9.10. The Hall–Kier alpha value is -2.52. The van der Waals surface area contributed by atoms with Gasteiger partial charge in [0.25, 0.3) is 0 Å².